The Morgan fingerprint density at radius 1 is 1.12 bits per heavy atom. The van der Waals surface area contributed by atoms with E-state index in [1.807, 2.05) is 39.0 Å². The molecule has 0 aliphatic carbocycles. The third-order valence-electron chi connectivity index (χ3n) is 5.48. The van der Waals surface area contributed by atoms with Crippen LogP contribution < -0.4 is 14.4 Å². The fourth-order valence-electron chi connectivity index (χ4n) is 3.66. The van der Waals surface area contributed by atoms with Crippen LogP contribution in [0.5, 0.6) is 11.5 Å². The number of benzene rings is 1. The molecule has 3 aromatic rings. The number of rotatable bonds is 10. The quantitative estimate of drug-likeness (QED) is 0.402. The van der Waals surface area contributed by atoms with Gasteiger partial charge in [0, 0.05) is 19.1 Å². The predicted octanol–water partition coefficient (Wildman–Crippen LogP) is 4.81. The molecular weight excluding hydrogens is 462 g/mol. The van der Waals surface area contributed by atoms with Gasteiger partial charge in [-0.25, -0.2) is 4.98 Å². The topological polar surface area (TPSA) is 72.7 Å². The number of hydrogen-bond donors (Lipinski definition) is 0. The highest BCUT2D eigenvalue weighted by Crippen LogP contribution is 2.40. The zero-order chi connectivity index (χ0) is 23.4. The molecule has 1 amide bonds. The lowest BCUT2D eigenvalue weighted by Crippen LogP contribution is -2.39. The fraction of sp³-hybridized carbons (Fsp3) is 0.522. The number of thiazole rings is 1. The Bertz CT molecular complexity index is 1040. The molecule has 10 heteroatoms. The number of likely N-dealkylation sites (N-methyl/N-ethyl adjacent to an activating group) is 1. The number of nitrogens with zero attached hydrogens (tertiary/aromatic N) is 5. The number of fused-ring (bicyclic) bond motifs is 1. The lowest BCUT2D eigenvalue weighted by Gasteiger charge is -2.25. The molecule has 2 aromatic heterocycles. The zero-order valence-electron chi connectivity index (χ0n) is 20.4. The Hall–Kier alpha value is -2.36. The lowest BCUT2D eigenvalue weighted by atomic mass is 10.3. The number of aromatic nitrogens is 3. The maximum atomic E-state index is 13.8. The van der Waals surface area contributed by atoms with Gasteiger partial charge in [-0.15, -0.1) is 12.4 Å². The van der Waals surface area contributed by atoms with Crippen molar-refractivity contribution in [3.8, 4) is 11.5 Å². The molecule has 8 nitrogen and oxygen atoms in total. The van der Waals surface area contributed by atoms with Crippen molar-refractivity contribution in [3.63, 3.8) is 0 Å². The van der Waals surface area contributed by atoms with E-state index in [1.165, 1.54) is 11.3 Å². The van der Waals surface area contributed by atoms with Gasteiger partial charge in [-0.1, -0.05) is 25.2 Å². The molecule has 0 radical (unpaired) electrons. The van der Waals surface area contributed by atoms with Crippen molar-refractivity contribution >= 4 is 45.0 Å². The normalized spacial score (nSPS) is 11.2. The maximum absolute atomic E-state index is 13.8. The maximum Gasteiger partial charge on any atom is 0.278 e. The van der Waals surface area contributed by atoms with E-state index in [-0.39, 0.29) is 24.4 Å². The minimum atomic E-state index is -0.108. The molecule has 0 bridgehead atoms. The summed E-state index contributed by atoms with van der Waals surface area (Å²) in [6.45, 7) is 13.3. The third kappa shape index (κ3) is 5.59. The second-order valence-corrected chi connectivity index (χ2v) is 8.81. The van der Waals surface area contributed by atoms with Crippen molar-refractivity contribution in [3.05, 3.63) is 29.6 Å². The number of amides is 1. The van der Waals surface area contributed by atoms with Gasteiger partial charge in [0.15, 0.2) is 5.13 Å². The van der Waals surface area contributed by atoms with Crippen LogP contribution in [0.1, 0.15) is 49.9 Å². The second kappa shape index (κ2) is 11.7. The minimum absolute atomic E-state index is 0. The van der Waals surface area contributed by atoms with Crippen LogP contribution in [-0.2, 0) is 0 Å². The molecular formula is C23H34ClN5O3S. The average molecular weight is 496 g/mol. The number of aryl methyl sites for hydroxylation is 1. The number of methoxy groups -OCH3 is 2. The van der Waals surface area contributed by atoms with Crippen LogP contribution in [0, 0.1) is 6.92 Å². The summed E-state index contributed by atoms with van der Waals surface area (Å²) < 4.78 is 13.7. The average Bonchev–Trinajstić information content (AvgIpc) is 3.40. The number of hydrogen-bond acceptors (Lipinski definition) is 7. The molecule has 0 aliphatic heterocycles. The molecule has 0 spiro atoms. The van der Waals surface area contributed by atoms with Crippen LogP contribution in [0.25, 0.3) is 10.2 Å². The number of carbonyl (C=O) groups excluding carboxylic acids is 1. The van der Waals surface area contributed by atoms with E-state index in [0.717, 1.165) is 30.0 Å². The number of ether oxygens (including phenoxy) is 2. The van der Waals surface area contributed by atoms with Gasteiger partial charge >= 0.3 is 0 Å². The summed E-state index contributed by atoms with van der Waals surface area (Å²) in [7, 11) is 3.25. The summed E-state index contributed by atoms with van der Waals surface area (Å²) in [6.07, 6.45) is 0. The summed E-state index contributed by atoms with van der Waals surface area (Å²) >= 11 is 1.44. The van der Waals surface area contributed by atoms with Crippen LogP contribution >= 0.6 is 23.7 Å². The lowest BCUT2D eigenvalue weighted by molar-refractivity contribution is 0.0971. The predicted molar refractivity (Wildman–Crippen MR) is 137 cm³/mol. The molecule has 0 N–H and O–H groups in total. The van der Waals surface area contributed by atoms with Crippen molar-refractivity contribution in [1.82, 2.24) is 19.7 Å². The second-order valence-electron chi connectivity index (χ2n) is 7.84. The molecule has 3 rings (SSSR count). The summed E-state index contributed by atoms with van der Waals surface area (Å²) in [6, 6.07) is 5.62. The van der Waals surface area contributed by atoms with Crippen LogP contribution in [0.3, 0.4) is 0 Å². The molecule has 0 saturated carbocycles. The molecule has 182 valence electrons. The monoisotopic (exact) mass is 495 g/mol. The van der Waals surface area contributed by atoms with E-state index in [9.17, 15) is 4.79 Å². The molecule has 0 atom stereocenters. The Balaban J connectivity index is 0.00000385. The zero-order valence-corrected chi connectivity index (χ0v) is 22.0. The van der Waals surface area contributed by atoms with Crippen LogP contribution in [0.4, 0.5) is 5.13 Å². The first-order chi connectivity index (χ1) is 15.3. The van der Waals surface area contributed by atoms with E-state index in [0.29, 0.717) is 34.4 Å². The minimum Gasteiger partial charge on any atom is -0.495 e. The highest BCUT2D eigenvalue weighted by molar-refractivity contribution is 7.22. The smallest absolute Gasteiger partial charge is 0.278 e. The van der Waals surface area contributed by atoms with E-state index < -0.39 is 0 Å². The highest BCUT2D eigenvalue weighted by atomic mass is 35.5. The molecule has 1 aromatic carbocycles. The van der Waals surface area contributed by atoms with E-state index in [2.05, 4.69) is 23.8 Å². The SMILES string of the molecule is CCN(CC)CCN(C(=O)c1cc(C)nn1C(C)C)c1nc2c(OC)ccc(OC)c2s1.Cl. The van der Waals surface area contributed by atoms with Crippen molar-refractivity contribution in [2.45, 2.75) is 40.7 Å². The van der Waals surface area contributed by atoms with Crippen LogP contribution in [0.15, 0.2) is 18.2 Å². The van der Waals surface area contributed by atoms with Gasteiger partial charge in [0.1, 0.15) is 27.4 Å². The van der Waals surface area contributed by atoms with Crippen LogP contribution in [0.2, 0.25) is 0 Å². The summed E-state index contributed by atoms with van der Waals surface area (Å²) in [4.78, 5) is 22.7. The Kier molecular flexibility index (Phi) is 9.51. The van der Waals surface area contributed by atoms with Gasteiger partial charge in [-0.2, -0.15) is 5.10 Å². The van der Waals surface area contributed by atoms with Gasteiger partial charge in [-0.05, 0) is 52.1 Å². The number of carbonyl (C=O) groups is 1. The van der Waals surface area contributed by atoms with Crippen molar-refractivity contribution < 1.29 is 14.3 Å². The van der Waals surface area contributed by atoms with Gasteiger partial charge in [0.05, 0.1) is 19.9 Å². The van der Waals surface area contributed by atoms with Crippen molar-refractivity contribution in [1.29, 1.82) is 0 Å². The van der Waals surface area contributed by atoms with Crippen LogP contribution in [-0.4, -0.2) is 66.0 Å². The van der Waals surface area contributed by atoms with Gasteiger partial charge < -0.3 is 14.4 Å². The first-order valence-electron chi connectivity index (χ1n) is 11.0. The van der Waals surface area contributed by atoms with Crippen molar-refractivity contribution in [2.75, 3.05) is 45.3 Å². The molecule has 2 heterocycles. The molecule has 0 unspecified atom stereocenters. The first kappa shape index (κ1) is 26.9. The van der Waals surface area contributed by atoms with E-state index >= 15 is 0 Å². The summed E-state index contributed by atoms with van der Waals surface area (Å²) in [5.41, 5.74) is 2.08. The van der Waals surface area contributed by atoms with E-state index in [4.69, 9.17) is 14.5 Å². The Morgan fingerprint density at radius 3 is 2.33 bits per heavy atom. The largest absolute Gasteiger partial charge is 0.495 e. The van der Waals surface area contributed by atoms with Gasteiger partial charge in [0.25, 0.3) is 5.91 Å². The summed E-state index contributed by atoms with van der Waals surface area (Å²) in [5.74, 6) is 1.26. The fourth-order valence-corrected chi connectivity index (χ4v) is 4.76. The summed E-state index contributed by atoms with van der Waals surface area (Å²) in [5, 5.41) is 5.15. The van der Waals surface area contributed by atoms with Gasteiger partial charge in [-0.3, -0.25) is 14.4 Å². The molecule has 0 aliphatic rings. The third-order valence-corrected chi connectivity index (χ3v) is 6.57. The standard InChI is InChI=1S/C23H33N5O3S.ClH/c1-8-26(9-2)12-13-27(22(29)17-14-16(5)25-28(17)15(3)4)23-24-20-18(30-6)10-11-19(31-7)21(20)32-23;/h10-11,14-15H,8-9,12-13H2,1-7H3;1H. The van der Waals surface area contributed by atoms with Crippen molar-refractivity contribution in [2.24, 2.45) is 0 Å². The number of halogens is 1. The van der Waals surface area contributed by atoms with Gasteiger partial charge in [0.2, 0.25) is 0 Å². The Morgan fingerprint density at radius 2 is 1.76 bits per heavy atom. The molecule has 0 fully saturated rings. The highest BCUT2D eigenvalue weighted by Gasteiger charge is 2.27. The first-order valence-corrected chi connectivity index (χ1v) is 11.8. The molecule has 33 heavy (non-hydrogen) atoms. The van der Waals surface area contributed by atoms with E-state index in [1.54, 1.807) is 23.8 Å². The number of anilines is 1. The molecule has 0 saturated heterocycles. The Labute approximate surface area is 205 Å².